The molecule has 1 amide bonds. The molecule has 0 radical (unpaired) electrons. The van der Waals surface area contributed by atoms with E-state index in [2.05, 4.69) is 15.5 Å². The first-order chi connectivity index (χ1) is 11.5. The maximum absolute atomic E-state index is 13.0. The fraction of sp³-hybridized carbons (Fsp3) is 0.105. The predicted molar refractivity (Wildman–Crippen MR) is 92.6 cm³/mol. The molecule has 2 aromatic carbocycles. The van der Waals surface area contributed by atoms with Gasteiger partial charge in [-0.2, -0.15) is 5.10 Å². The van der Waals surface area contributed by atoms with Crippen LogP contribution in [0.4, 0.5) is 4.39 Å². The fourth-order valence-electron chi connectivity index (χ4n) is 2.45. The van der Waals surface area contributed by atoms with Gasteiger partial charge in [-0.3, -0.25) is 9.78 Å². The van der Waals surface area contributed by atoms with Crippen molar-refractivity contribution in [1.82, 2.24) is 10.4 Å². The van der Waals surface area contributed by atoms with Gasteiger partial charge in [-0.25, -0.2) is 9.82 Å². The molecular formula is C19H16FN3O. The summed E-state index contributed by atoms with van der Waals surface area (Å²) in [6.07, 6.45) is 0. The largest absolute Gasteiger partial charge is 0.272 e. The first-order valence-corrected chi connectivity index (χ1v) is 7.51. The maximum Gasteiger partial charge on any atom is 0.272 e. The molecule has 1 aromatic heterocycles. The van der Waals surface area contributed by atoms with Crippen molar-refractivity contribution in [3.8, 4) is 0 Å². The van der Waals surface area contributed by atoms with Crippen molar-refractivity contribution < 1.29 is 9.18 Å². The van der Waals surface area contributed by atoms with Crippen LogP contribution < -0.4 is 5.43 Å². The Morgan fingerprint density at radius 3 is 2.58 bits per heavy atom. The van der Waals surface area contributed by atoms with Crippen LogP contribution in [0.3, 0.4) is 0 Å². The molecule has 1 heterocycles. The van der Waals surface area contributed by atoms with Gasteiger partial charge < -0.3 is 0 Å². The van der Waals surface area contributed by atoms with E-state index in [0.29, 0.717) is 11.3 Å². The number of aromatic nitrogens is 1. The van der Waals surface area contributed by atoms with Crippen molar-refractivity contribution in [2.45, 2.75) is 13.8 Å². The number of carbonyl (C=O) groups excluding carboxylic acids is 1. The molecule has 3 aromatic rings. The van der Waals surface area contributed by atoms with Crippen LogP contribution in [-0.4, -0.2) is 16.6 Å². The Kier molecular flexibility index (Phi) is 4.33. The number of hydrazone groups is 1. The lowest BCUT2D eigenvalue weighted by Gasteiger charge is -2.07. The van der Waals surface area contributed by atoms with Crippen molar-refractivity contribution in [3.05, 3.63) is 77.2 Å². The van der Waals surface area contributed by atoms with E-state index < -0.39 is 0 Å². The smallest absolute Gasteiger partial charge is 0.267 e. The van der Waals surface area contributed by atoms with E-state index in [4.69, 9.17) is 0 Å². The molecule has 0 bridgehead atoms. The summed E-state index contributed by atoms with van der Waals surface area (Å²) in [4.78, 5) is 16.9. The quantitative estimate of drug-likeness (QED) is 0.589. The molecule has 0 atom stereocenters. The Hall–Kier alpha value is -3.08. The Bertz CT molecular complexity index is 933. The number of amides is 1. The Morgan fingerprint density at radius 1 is 1.12 bits per heavy atom. The summed E-state index contributed by atoms with van der Waals surface area (Å²) in [5, 5.41) is 4.88. The molecule has 0 saturated carbocycles. The average Bonchev–Trinajstić information content (AvgIpc) is 2.59. The molecule has 120 valence electrons. The normalized spacial score (nSPS) is 11.5. The summed E-state index contributed by atoms with van der Waals surface area (Å²) < 4.78 is 13.0. The van der Waals surface area contributed by atoms with Crippen molar-refractivity contribution in [3.63, 3.8) is 0 Å². The van der Waals surface area contributed by atoms with Gasteiger partial charge >= 0.3 is 0 Å². The number of halogens is 1. The van der Waals surface area contributed by atoms with Crippen molar-refractivity contribution in [2.24, 2.45) is 5.10 Å². The number of aryl methyl sites for hydroxylation is 1. The molecule has 0 unspecified atom stereocenters. The third-order valence-corrected chi connectivity index (χ3v) is 3.68. The maximum atomic E-state index is 13.0. The summed E-state index contributed by atoms with van der Waals surface area (Å²) >= 11 is 0. The van der Waals surface area contributed by atoms with Gasteiger partial charge in [-0.1, -0.05) is 30.3 Å². The first kappa shape index (κ1) is 15.8. The van der Waals surface area contributed by atoms with Gasteiger partial charge in [-0.15, -0.1) is 0 Å². The summed E-state index contributed by atoms with van der Waals surface area (Å²) in [5.41, 5.74) is 5.95. The molecule has 3 rings (SSSR count). The van der Waals surface area contributed by atoms with Crippen LogP contribution in [0.25, 0.3) is 10.9 Å². The lowest BCUT2D eigenvalue weighted by atomic mass is 10.1. The number of fused-ring (bicyclic) bond motifs is 1. The monoisotopic (exact) mass is 321 g/mol. The van der Waals surface area contributed by atoms with E-state index in [1.807, 2.05) is 31.2 Å². The molecule has 0 saturated heterocycles. The molecule has 1 N–H and O–H groups in total. The zero-order valence-electron chi connectivity index (χ0n) is 13.4. The minimum Gasteiger partial charge on any atom is -0.267 e. The third-order valence-electron chi connectivity index (χ3n) is 3.68. The van der Waals surface area contributed by atoms with Gasteiger partial charge in [-0.05, 0) is 43.7 Å². The molecule has 24 heavy (non-hydrogen) atoms. The van der Waals surface area contributed by atoms with E-state index >= 15 is 0 Å². The first-order valence-electron chi connectivity index (χ1n) is 7.51. The molecule has 0 fully saturated rings. The Morgan fingerprint density at radius 2 is 1.83 bits per heavy atom. The number of pyridine rings is 1. The van der Waals surface area contributed by atoms with Gasteiger partial charge in [0.2, 0.25) is 0 Å². The highest BCUT2D eigenvalue weighted by Gasteiger charge is 2.11. The van der Waals surface area contributed by atoms with Crippen LogP contribution in [0.15, 0.2) is 59.7 Å². The molecule has 0 aliphatic rings. The standard InChI is InChI=1S/C19H16FN3O/c1-12-11-17(16-5-3-4-6-18(16)21-12)19(24)23-22-13(2)14-7-9-15(20)10-8-14/h3-11H,1-2H3,(H,23,24)/b22-13+. The summed E-state index contributed by atoms with van der Waals surface area (Å²) in [7, 11) is 0. The second-order valence-electron chi connectivity index (χ2n) is 5.47. The van der Waals surface area contributed by atoms with Crippen molar-refractivity contribution >= 4 is 22.5 Å². The molecule has 0 spiro atoms. The Balaban J connectivity index is 1.87. The highest BCUT2D eigenvalue weighted by Crippen LogP contribution is 2.18. The number of benzene rings is 2. The van der Waals surface area contributed by atoms with E-state index in [1.165, 1.54) is 12.1 Å². The van der Waals surface area contributed by atoms with E-state index in [9.17, 15) is 9.18 Å². The van der Waals surface area contributed by atoms with Gasteiger partial charge in [0.15, 0.2) is 0 Å². The highest BCUT2D eigenvalue weighted by molar-refractivity contribution is 6.07. The van der Waals surface area contributed by atoms with Crippen LogP contribution in [-0.2, 0) is 0 Å². The number of nitrogens with zero attached hydrogens (tertiary/aromatic N) is 2. The van der Waals surface area contributed by atoms with Gasteiger partial charge in [0, 0.05) is 11.1 Å². The van der Waals surface area contributed by atoms with Crippen LogP contribution in [0.2, 0.25) is 0 Å². The number of nitrogens with one attached hydrogen (secondary N) is 1. The number of carbonyl (C=O) groups is 1. The van der Waals surface area contributed by atoms with Crippen LogP contribution in [0.5, 0.6) is 0 Å². The second kappa shape index (κ2) is 6.58. The zero-order chi connectivity index (χ0) is 17.1. The molecular weight excluding hydrogens is 305 g/mol. The van der Waals surface area contributed by atoms with Crippen LogP contribution in [0.1, 0.15) is 28.5 Å². The molecule has 4 nitrogen and oxygen atoms in total. The average molecular weight is 321 g/mol. The topological polar surface area (TPSA) is 54.4 Å². The SMILES string of the molecule is C/C(=N\NC(=O)c1cc(C)nc2ccccc12)c1ccc(F)cc1. The molecule has 0 aliphatic carbocycles. The lowest BCUT2D eigenvalue weighted by Crippen LogP contribution is -2.20. The number of rotatable bonds is 3. The summed E-state index contributed by atoms with van der Waals surface area (Å²) in [5.74, 6) is -0.618. The van der Waals surface area contributed by atoms with E-state index in [-0.39, 0.29) is 11.7 Å². The van der Waals surface area contributed by atoms with Gasteiger partial charge in [0.05, 0.1) is 16.8 Å². The second-order valence-corrected chi connectivity index (χ2v) is 5.47. The van der Waals surface area contributed by atoms with E-state index in [1.54, 1.807) is 25.1 Å². The van der Waals surface area contributed by atoms with Gasteiger partial charge in [0.1, 0.15) is 5.82 Å². The zero-order valence-corrected chi connectivity index (χ0v) is 13.4. The van der Waals surface area contributed by atoms with E-state index in [0.717, 1.165) is 22.2 Å². The highest BCUT2D eigenvalue weighted by atomic mass is 19.1. The molecule has 5 heteroatoms. The fourth-order valence-corrected chi connectivity index (χ4v) is 2.45. The number of hydrogen-bond acceptors (Lipinski definition) is 3. The Labute approximate surface area is 139 Å². The van der Waals surface area contributed by atoms with Crippen LogP contribution >= 0.6 is 0 Å². The number of para-hydroxylation sites is 1. The minimum absolute atomic E-state index is 0.307. The lowest BCUT2D eigenvalue weighted by molar-refractivity contribution is 0.0956. The summed E-state index contributed by atoms with van der Waals surface area (Å²) in [6.45, 7) is 3.60. The predicted octanol–water partition coefficient (Wildman–Crippen LogP) is 3.84. The summed E-state index contributed by atoms with van der Waals surface area (Å²) in [6, 6.07) is 15.2. The van der Waals surface area contributed by atoms with Crippen molar-refractivity contribution in [2.75, 3.05) is 0 Å². The molecule has 0 aliphatic heterocycles. The number of hydrogen-bond donors (Lipinski definition) is 1. The minimum atomic E-state index is -0.311. The van der Waals surface area contributed by atoms with Crippen LogP contribution in [0, 0.1) is 12.7 Å². The van der Waals surface area contributed by atoms with Gasteiger partial charge in [0.25, 0.3) is 5.91 Å². The third kappa shape index (κ3) is 3.30. The van der Waals surface area contributed by atoms with Crippen molar-refractivity contribution in [1.29, 1.82) is 0 Å².